The lowest BCUT2D eigenvalue weighted by Crippen LogP contribution is -2.33. The van der Waals surface area contributed by atoms with Crippen molar-refractivity contribution < 1.29 is 0 Å². The maximum Gasteiger partial charge on any atom is 0.0896 e. The zero-order chi connectivity index (χ0) is 15.6. The Morgan fingerprint density at radius 2 is 2.00 bits per heavy atom. The van der Waals surface area contributed by atoms with Crippen LogP contribution in [0.2, 0.25) is 5.02 Å². The third-order valence-corrected chi connectivity index (χ3v) is 3.94. The number of nitrogens with one attached hydrogen (secondary N) is 1. The quantitative estimate of drug-likeness (QED) is 0.672. The molecule has 1 unspecified atom stereocenters. The highest BCUT2D eigenvalue weighted by Crippen LogP contribution is 2.34. The molecule has 2 aromatic rings. The van der Waals surface area contributed by atoms with Crippen molar-refractivity contribution in [3.8, 4) is 0 Å². The second-order valence-corrected chi connectivity index (χ2v) is 6.54. The van der Waals surface area contributed by atoms with Gasteiger partial charge < -0.3 is 0 Å². The molecule has 3 N–H and O–H groups in total. The fourth-order valence-corrected chi connectivity index (χ4v) is 2.91. The highest BCUT2D eigenvalue weighted by molar-refractivity contribution is 6.31. The zero-order valence-corrected chi connectivity index (χ0v) is 13.8. The summed E-state index contributed by atoms with van der Waals surface area (Å²) in [6, 6.07) is 8.12. The van der Waals surface area contributed by atoms with Gasteiger partial charge in [0.2, 0.25) is 0 Å². The van der Waals surface area contributed by atoms with E-state index in [4.69, 9.17) is 17.4 Å². The average molecular weight is 307 g/mol. The van der Waals surface area contributed by atoms with Crippen LogP contribution in [0.25, 0.3) is 0 Å². The molecule has 0 saturated heterocycles. The van der Waals surface area contributed by atoms with Crippen molar-refractivity contribution in [1.29, 1.82) is 0 Å². The van der Waals surface area contributed by atoms with E-state index in [0.717, 1.165) is 17.8 Å². The van der Waals surface area contributed by atoms with Gasteiger partial charge in [-0.25, -0.2) is 5.43 Å². The lowest BCUT2D eigenvalue weighted by atomic mass is 9.81. The Hall–Kier alpha value is -1.36. The summed E-state index contributed by atoms with van der Waals surface area (Å²) in [5.41, 5.74) is 6.20. The van der Waals surface area contributed by atoms with Gasteiger partial charge in [0.1, 0.15) is 0 Å². The van der Waals surface area contributed by atoms with Crippen molar-refractivity contribution in [1.82, 2.24) is 15.2 Å². The second-order valence-electron chi connectivity index (χ2n) is 6.13. The zero-order valence-electron chi connectivity index (χ0n) is 13.0. The molecule has 1 heterocycles. The van der Waals surface area contributed by atoms with Crippen LogP contribution in [-0.4, -0.2) is 9.78 Å². The van der Waals surface area contributed by atoms with Crippen LogP contribution in [0, 0.1) is 0 Å². The van der Waals surface area contributed by atoms with Crippen LogP contribution in [0.1, 0.15) is 50.6 Å². The number of benzene rings is 1. The van der Waals surface area contributed by atoms with Crippen molar-refractivity contribution in [3.63, 3.8) is 0 Å². The number of nitrogens with zero attached hydrogens (tertiary/aromatic N) is 2. The molecule has 4 nitrogen and oxygen atoms in total. The van der Waals surface area contributed by atoms with E-state index in [9.17, 15) is 0 Å². The molecule has 0 radical (unpaired) electrons. The molecule has 0 saturated carbocycles. The highest BCUT2D eigenvalue weighted by atomic mass is 35.5. The molecule has 0 aliphatic carbocycles. The molecule has 0 amide bonds. The van der Waals surface area contributed by atoms with Gasteiger partial charge in [-0.05, 0) is 23.5 Å². The van der Waals surface area contributed by atoms with Crippen LogP contribution < -0.4 is 11.3 Å². The van der Waals surface area contributed by atoms with Crippen LogP contribution in [-0.2, 0) is 12.0 Å². The molecule has 0 spiro atoms. The molecule has 0 aliphatic heterocycles. The standard InChI is InChI=1S/C16H23ClN4/c1-5-21-15(13(17)10-19-21)14(20-18)11-8-6-7-9-12(11)16(2,3)4/h6-10,14,20H,5,18H2,1-4H3. The first kappa shape index (κ1) is 16.0. The summed E-state index contributed by atoms with van der Waals surface area (Å²) in [5.74, 6) is 5.85. The normalized spacial score (nSPS) is 13.4. The summed E-state index contributed by atoms with van der Waals surface area (Å²) in [6.07, 6.45) is 1.67. The van der Waals surface area contributed by atoms with E-state index in [2.05, 4.69) is 49.5 Å². The molecule has 21 heavy (non-hydrogen) atoms. The summed E-state index contributed by atoms with van der Waals surface area (Å²) >= 11 is 6.33. The van der Waals surface area contributed by atoms with E-state index >= 15 is 0 Å². The molecule has 0 fully saturated rings. The fourth-order valence-electron chi connectivity index (χ4n) is 2.66. The smallest absolute Gasteiger partial charge is 0.0896 e. The Labute approximate surface area is 131 Å². The van der Waals surface area contributed by atoms with Crippen LogP contribution in [0.3, 0.4) is 0 Å². The molecular weight excluding hydrogens is 284 g/mol. The number of nitrogens with two attached hydrogens (primary N) is 1. The lowest BCUT2D eigenvalue weighted by molar-refractivity contribution is 0.522. The Morgan fingerprint density at radius 3 is 2.57 bits per heavy atom. The largest absolute Gasteiger partial charge is 0.271 e. The predicted octanol–water partition coefficient (Wildman–Crippen LogP) is 3.41. The number of rotatable bonds is 4. The van der Waals surface area contributed by atoms with Gasteiger partial charge in [0.05, 0.1) is 23.0 Å². The van der Waals surface area contributed by atoms with E-state index in [1.54, 1.807) is 6.20 Å². The van der Waals surface area contributed by atoms with E-state index in [1.807, 2.05) is 17.7 Å². The van der Waals surface area contributed by atoms with Gasteiger partial charge in [-0.15, -0.1) is 0 Å². The SMILES string of the molecule is CCn1ncc(Cl)c1C(NN)c1ccccc1C(C)(C)C. The summed E-state index contributed by atoms with van der Waals surface area (Å²) in [7, 11) is 0. The summed E-state index contributed by atoms with van der Waals surface area (Å²) in [5, 5.41) is 4.94. The van der Waals surface area contributed by atoms with Crippen LogP contribution in [0.15, 0.2) is 30.5 Å². The first-order valence-corrected chi connectivity index (χ1v) is 7.54. The Balaban J connectivity index is 2.60. The van der Waals surface area contributed by atoms with Crippen molar-refractivity contribution >= 4 is 11.6 Å². The summed E-state index contributed by atoms with van der Waals surface area (Å²) in [4.78, 5) is 0. The molecule has 1 aromatic heterocycles. The van der Waals surface area contributed by atoms with Crippen molar-refractivity contribution in [2.45, 2.75) is 45.7 Å². The number of hydrogen-bond donors (Lipinski definition) is 2. The molecule has 114 valence electrons. The number of hydrogen-bond acceptors (Lipinski definition) is 3. The Kier molecular flexibility index (Phi) is 4.71. The minimum Gasteiger partial charge on any atom is -0.271 e. The topological polar surface area (TPSA) is 55.9 Å². The van der Waals surface area contributed by atoms with Gasteiger partial charge >= 0.3 is 0 Å². The maximum atomic E-state index is 6.33. The second kappa shape index (κ2) is 6.18. The van der Waals surface area contributed by atoms with Gasteiger partial charge in [-0.2, -0.15) is 5.10 Å². The maximum absolute atomic E-state index is 6.33. The predicted molar refractivity (Wildman–Crippen MR) is 87.2 cm³/mol. The minimum atomic E-state index is -0.185. The first-order valence-electron chi connectivity index (χ1n) is 7.16. The monoisotopic (exact) mass is 306 g/mol. The van der Waals surface area contributed by atoms with Crippen LogP contribution in [0.5, 0.6) is 0 Å². The van der Waals surface area contributed by atoms with Crippen molar-refractivity contribution in [3.05, 3.63) is 52.3 Å². The van der Waals surface area contributed by atoms with E-state index in [0.29, 0.717) is 5.02 Å². The van der Waals surface area contributed by atoms with Crippen LogP contribution in [0.4, 0.5) is 0 Å². The number of aromatic nitrogens is 2. The molecule has 0 bridgehead atoms. The van der Waals surface area contributed by atoms with Crippen molar-refractivity contribution in [2.24, 2.45) is 5.84 Å². The average Bonchev–Trinajstić information content (AvgIpc) is 2.81. The first-order chi connectivity index (χ1) is 9.90. The number of halogens is 1. The van der Waals surface area contributed by atoms with Gasteiger partial charge in [0.15, 0.2) is 0 Å². The van der Waals surface area contributed by atoms with E-state index in [1.165, 1.54) is 5.56 Å². The highest BCUT2D eigenvalue weighted by Gasteiger charge is 2.26. The van der Waals surface area contributed by atoms with Gasteiger partial charge in [-0.3, -0.25) is 10.5 Å². The van der Waals surface area contributed by atoms with Gasteiger partial charge in [0.25, 0.3) is 0 Å². The minimum absolute atomic E-state index is 0.0231. The van der Waals surface area contributed by atoms with E-state index < -0.39 is 0 Å². The molecular formula is C16H23ClN4. The van der Waals surface area contributed by atoms with Crippen molar-refractivity contribution in [2.75, 3.05) is 0 Å². The summed E-state index contributed by atoms with van der Waals surface area (Å²) in [6.45, 7) is 9.36. The lowest BCUT2D eigenvalue weighted by Gasteiger charge is -2.27. The van der Waals surface area contributed by atoms with Crippen LogP contribution >= 0.6 is 11.6 Å². The molecule has 2 rings (SSSR count). The molecule has 0 aliphatic rings. The third kappa shape index (κ3) is 3.12. The van der Waals surface area contributed by atoms with Gasteiger partial charge in [0, 0.05) is 6.54 Å². The fraction of sp³-hybridized carbons (Fsp3) is 0.438. The Bertz CT molecular complexity index is 613. The number of aryl methyl sites for hydroxylation is 1. The summed E-state index contributed by atoms with van der Waals surface area (Å²) < 4.78 is 1.88. The number of hydrazine groups is 1. The third-order valence-electron chi connectivity index (χ3n) is 3.65. The molecule has 1 atom stereocenters. The molecule has 5 heteroatoms. The van der Waals surface area contributed by atoms with E-state index in [-0.39, 0.29) is 11.5 Å². The van der Waals surface area contributed by atoms with Gasteiger partial charge in [-0.1, -0.05) is 56.6 Å². The Morgan fingerprint density at radius 1 is 1.33 bits per heavy atom. The molecule has 1 aromatic carbocycles.